The van der Waals surface area contributed by atoms with Gasteiger partial charge < -0.3 is 20.1 Å². The number of aliphatic hydroxyl groups excluding tert-OH is 1. The first-order chi connectivity index (χ1) is 12.4. The Labute approximate surface area is 149 Å². The third-order valence-electron chi connectivity index (χ3n) is 4.87. The molecule has 1 aliphatic heterocycles. The van der Waals surface area contributed by atoms with E-state index in [0.29, 0.717) is 42.8 Å². The average Bonchev–Trinajstić information content (AvgIpc) is 3.29. The van der Waals surface area contributed by atoms with Crippen molar-refractivity contribution in [2.75, 3.05) is 13.1 Å². The van der Waals surface area contributed by atoms with Gasteiger partial charge in [-0.15, -0.1) is 0 Å². The molecule has 138 valence electrons. The molecule has 10 heteroatoms. The van der Waals surface area contributed by atoms with Gasteiger partial charge in [-0.1, -0.05) is 0 Å². The number of piperidine rings is 1. The SMILES string of the molecule is O=c1[nH]c2ccc(S(=O)(=O)N3CCC(C(O)c4ncc[nH]4)CC3)cc2[nH]1. The molecule has 3 heterocycles. The lowest BCUT2D eigenvalue weighted by atomic mass is 9.92. The normalized spacial score (nSPS) is 18.3. The van der Waals surface area contributed by atoms with Crippen molar-refractivity contribution >= 4 is 21.1 Å². The number of nitrogens with one attached hydrogen (secondary N) is 3. The minimum atomic E-state index is -3.65. The van der Waals surface area contributed by atoms with E-state index in [2.05, 4.69) is 19.9 Å². The van der Waals surface area contributed by atoms with Gasteiger partial charge in [-0.25, -0.2) is 18.2 Å². The first-order valence-corrected chi connectivity index (χ1v) is 9.79. The number of rotatable bonds is 4. The Bertz CT molecular complexity index is 1060. The Kier molecular flexibility index (Phi) is 4.17. The number of aromatic nitrogens is 4. The van der Waals surface area contributed by atoms with Crippen molar-refractivity contribution in [1.82, 2.24) is 24.2 Å². The molecule has 1 atom stereocenters. The zero-order valence-corrected chi connectivity index (χ0v) is 14.7. The number of hydrogen-bond donors (Lipinski definition) is 4. The molecule has 1 saturated heterocycles. The number of benzene rings is 1. The van der Waals surface area contributed by atoms with Gasteiger partial charge in [0.25, 0.3) is 0 Å². The number of fused-ring (bicyclic) bond motifs is 1. The van der Waals surface area contributed by atoms with Crippen LogP contribution in [-0.2, 0) is 10.0 Å². The van der Waals surface area contributed by atoms with Crippen LogP contribution in [0.3, 0.4) is 0 Å². The fraction of sp³-hybridized carbons (Fsp3) is 0.375. The highest BCUT2D eigenvalue weighted by Crippen LogP contribution is 2.31. The second-order valence-electron chi connectivity index (χ2n) is 6.45. The standard InChI is InChI=1S/C16H19N5O4S/c22-14(15-17-5-6-18-15)10-3-7-21(8-4-10)26(24,25)11-1-2-12-13(9-11)20-16(23)19-12/h1-2,5-6,9-10,14,22H,3-4,7-8H2,(H,17,18)(H2,19,20,23). The smallest absolute Gasteiger partial charge is 0.323 e. The minimum Gasteiger partial charge on any atom is -0.385 e. The van der Waals surface area contributed by atoms with Crippen LogP contribution >= 0.6 is 0 Å². The van der Waals surface area contributed by atoms with Gasteiger partial charge in [0.15, 0.2) is 0 Å². The quantitative estimate of drug-likeness (QED) is 0.531. The molecule has 0 spiro atoms. The van der Waals surface area contributed by atoms with Gasteiger partial charge >= 0.3 is 5.69 Å². The fourth-order valence-electron chi connectivity index (χ4n) is 3.42. The van der Waals surface area contributed by atoms with E-state index in [1.54, 1.807) is 18.5 Å². The number of imidazole rings is 2. The summed E-state index contributed by atoms with van der Waals surface area (Å²) in [5.41, 5.74) is 0.649. The Morgan fingerprint density at radius 1 is 1.19 bits per heavy atom. The van der Waals surface area contributed by atoms with Gasteiger partial charge in [0, 0.05) is 25.5 Å². The second-order valence-corrected chi connectivity index (χ2v) is 8.39. The molecule has 1 unspecified atom stereocenters. The zero-order valence-electron chi connectivity index (χ0n) is 13.8. The molecule has 0 aliphatic carbocycles. The highest BCUT2D eigenvalue weighted by atomic mass is 32.2. The van der Waals surface area contributed by atoms with Crippen LogP contribution in [0.15, 0.2) is 40.3 Å². The topological polar surface area (TPSA) is 135 Å². The van der Waals surface area contributed by atoms with Crippen molar-refractivity contribution in [3.8, 4) is 0 Å². The van der Waals surface area contributed by atoms with Crippen molar-refractivity contribution in [3.05, 3.63) is 46.9 Å². The summed E-state index contributed by atoms with van der Waals surface area (Å²) in [6.45, 7) is 0.652. The van der Waals surface area contributed by atoms with Crippen LogP contribution in [0, 0.1) is 5.92 Å². The summed E-state index contributed by atoms with van der Waals surface area (Å²) in [4.78, 5) is 23.6. The lowest BCUT2D eigenvalue weighted by Crippen LogP contribution is -2.39. The van der Waals surface area contributed by atoms with E-state index in [0.717, 1.165) is 0 Å². The molecule has 9 nitrogen and oxygen atoms in total. The third kappa shape index (κ3) is 2.96. The molecular formula is C16H19N5O4S. The van der Waals surface area contributed by atoms with Crippen LogP contribution in [-0.4, -0.2) is 50.9 Å². The van der Waals surface area contributed by atoms with Gasteiger partial charge in [-0.3, -0.25) is 0 Å². The van der Waals surface area contributed by atoms with E-state index in [1.807, 2.05) is 0 Å². The Hall–Kier alpha value is -2.43. The maximum absolute atomic E-state index is 12.9. The van der Waals surface area contributed by atoms with E-state index in [1.165, 1.54) is 16.4 Å². The van der Waals surface area contributed by atoms with Crippen molar-refractivity contribution in [1.29, 1.82) is 0 Å². The Balaban J connectivity index is 1.51. The maximum atomic E-state index is 12.9. The lowest BCUT2D eigenvalue weighted by molar-refractivity contribution is 0.0696. The van der Waals surface area contributed by atoms with Gasteiger partial charge in [0.2, 0.25) is 10.0 Å². The second kappa shape index (κ2) is 6.38. The molecule has 4 N–H and O–H groups in total. The number of aliphatic hydroxyl groups is 1. The number of hydrogen-bond acceptors (Lipinski definition) is 5. The average molecular weight is 377 g/mol. The van der Waals surface area contributed by atoms with E-state index >= 15 is 0 Å². The van der Waals surface area contributed by atoms with E-state index in [9.17, 15) is 18.3 Å². The summed E-state index contributed by atoms with van der Waals surface area (Å²) in [5.74, 6) is 0.462. The zero-order chi connectivity index (χ0) is 18.3. The largest absolute Gasteiger partial charge is 0.385 e. The Morgan fingerprint density at radius 3 is 2.62 bits per heavy atom. The maximum Gasteiger partial charge on any atom is 0.323 e. The molecule has 0 bridgehead atoms. The highest BCUT2D eigenvalue weighted by molar-refractivity contribution is 7.89. The monoisotopic (exact) mass is 377 g/mol. The Morgan fingerprint density at radius 2 is 1.92 bits per heavy atom. The first-order valence-electron chi connectivity index (χ1n) is 8.35. The molecule has 0 amide bonds. The van der Waals surface area contributed by atoms with Gasteiger partial charge in [-0.2, -0.15) is 4.31 Å². The molecule has 0 saturated carbocycles. The summed E-state index contributed by atoms with van der Waals surface area (Å²) in [7, 11) is -3.65. The fourth-order valence-corrected chi connectivity index (χ4v) is 4.91. The van der Waals surface area contributed by atoms with E-state index in [-0.39, 0.29) is 16.5 Å². The number of nitrogens with zero attached hydrogens (tertiary/aromatic N) is 2. The first kappa shape index (κ1) is 17.0. The lowest BCUT2D eigenvalue weighted by Gasteiger charge is -2.32. The van der Waals surface area contributed by atoms with Crippen LogP contribution in [0.5, 0.6) is 0 Å². The molecule has 1 aromatic carbocycles. The van der Waals surface area contributed by atoms with Crippen LogP contribution in [0.2, 0.25) is 0 Å². The van der Waals surface area contributed by atoms with Gasteiger partial charge in [-0.05, 0) is 37.0 Å². The molecule has 3 aromatic rings. The van der Waals surface area contributed by atoms with Gasteiger partial charge in [0.05, 0.1) is 15.9 Å². The van der Waals surface area contributed by atoms with Crippen molar-refractivity contribution in [2.24, 2.45) is 5.92 Å². The molecule has 2 aromatic heterocycles. The summed E-state index contributed by atoms with van der Waals surface area (Å²) in [6.07, 6.45) is 3.60. The number of aromatic amines is 3. The van der Waals surface area contributed by atoms with Crippen LogP contribution in [0.4, 0.5) is 0 Å². The highest BCUT2D eigenvalue weighted by Gasteiger charge is 2.33. The molecular weight excluding hydrogens is 358 g/mol. The molecule has 0 radical (unpaired) electrons. The molecule has 1 aliphatic rings. The molecule has 1 fully saturated rings. The van der Waals surface area contributed by atoms with Gasteiger partial charge in [0.1, 0.15) is 11.9 Å². The third-order valence-corrected chi connectivity index (χ3v) is 6.76. The van der Waals surface area contributed by atoms with Crippen LogP contribution in [0.1, 0.15) is 24.8 Å². The van der Waals surface area contributed by atoms with Crippen molar-refractivity contribution in [2.45, 2.75) is 23.8 Å². The number of H-pyrrole nitrogens is 3. The molecule has 4 rings (SSSR count). The van der Waals surface area contributed by atoms with E-state index < -0.39 is 16.1 Å². The summed E-state index contributed by atoms with van der Waals surface area (Å²) >= 11 is 0. The minimum absolute atomic E-state index is 0.0453. The van der Waals surface area contributed by atoms with Crippen molar-refractivity contribution in [3.63, 3.8) is 0 Å². The van der Waals surface area contributed by atoms with Crippen molar-refractivity contribution < 1.29 is 13.5 Å². The summed E-state index contributed by atoms with van der Waals surface area (Å²) in [5, 5.41) is 10.4. The number of sulfonamides is 1. The van der Waals surface area contributed by atoms with Crippen LogP contribution < -0.4 is 5.69 Å². The predicted molar refractivity (Wildman–Crippen MR) is 93.9 cm³/mol. The van der Waals surface area contributed by atoms with E-state index in [4.69, 9.17) is 0 Å². The molecule has 26 heavy (non-hydrogen) atoms. The summed E-state index contributed by atoms with van der Waals surface area (Å²) in [6, 6.07) is 4.53. The predicted octanol–water partition coefficient (Wildman–Crippen LogP) is 0.714. The van der Waals surface area contributed by atoms with Crippen LogP contribution in [0.25, 0.3) is 11.0 Å². The summed E-state index contributed by atoms with van der Waals surface area (Å²) < 4.78 is 27.2.